The summed E-state index contributed by atoms with van der Waals surface area (Å²) >= 11 is 6.25. The summed E-state index contributed by atoms with van der Waals surface area (Å²) in [6.07, 6.45) is 1.31. The zero-order valence-corrected chi connectivity index (χ0v) is 16.4. The Morgan fingerprint density at radius 1 is 1.23 bits per heavy atom. The van der Waals surface area contributed by atoms with Gasteiger partial charge in [0.1, 0.15) is 16.6 Å². The second kappa shape index (κ2) is 6.84. The van der Waals surface area contributed by atoms with Crippen LogP contribution in [-0.2, 0) is 9.31 Å². The topological polar surface area (TPSA) is 40.6 Å². The van der Waals surface area contributed by atoms with Crippen LogP contribution < -0.4 is 4.74 Å². The molecule has 2 aromatic rings. The number of hydrogen-bond acceptors (Lipinski definition) is 4. The minimum absolute atomic E-state index is 0.206. The highest BCUT2D eigenvalue weighted by atomic mass is 35.5. The number of rotatable bonds is 4. The monoisotopic (exact) mass is 377 g/mol. The number of nitrogens with zero attached hydrogens (tertiary/aromatic N) is 1. The van der Waals surface area contributed by atoms with E-state index in [9.17, 15) is 4.39 Å². The fourth-order valence-corrected chi connectivity index (χ4v) is 2.87. The van der Waals surface area contributed by atoms with Crippen molar-refractivity contribution >= 4 is 35.7 Å². The second-order valence-corrected chi connectivity index (χ2v) is 7.63. The molecule has 1 aromatic heterocycles. The predicted octanol–water partition coefficient (Wildman–Crippen LogP) is 5.23. The van der Waals surface area contributed by atoms with Gasteiger partial charge < -0.3 is 14.0 Å². The molecule has 7 heteroatoms. The Hall–Kier alpha value is -1.63. The maximum absolute atomic E-state index is 14.7. The van der Waals surface area contributed by atoms with E-state index in [1.165, 1.54) is 6.08 Å². The van der Waals surface area contributed by atoms with Gasteiger partial charge in [-0.05, 0) is 58.9 Å². The number of halogens is 2. The Balaban J connectivity index is 1.92. The largest absolute Gasteiger partial charge is 0.525 e. The Morgan fingerprint density at radius 3 is 2.50 bits per heavy atom. The van der Waals surface area contributed by atoms with Crippen molar-refractivity contribution in [1.82, 2.24) is 4.98 Å². The average Bonchev–Trinajstić information content (AvgIpc) is 2.77. The van der Waals surface area contributed by atoms with Gasteiger partial charge in [0, 0.05) is 17.0 Å². The van der Waals surface area contributed by atoms with Crippen LogP contribution in [-0.4, -0.2) is 29.9 Å². The SMILES string of the molecule is CCOc1ccc2cc(C=C(F)B3OC(C)(C)C(C)(C)O3)c(Cl)nc2c1. The first kappa shape index (κ1) is 19.1. The summed E-state index contributed by atoms with van der Waals surface area (Å²) < 4.78 is 31.6. The smallest absolute Gasteiger partial charge is 0.494 e. The highest BCUT2D eigenvalue weighted by Gasteiger charge is 2.53. The molecule has 0 N–H and O–H groups in total. The van der Waals surface area contributed by atoms with E-state index in [0.717, 1.165) is 11.1 Å². The van der Waals surface area contributed by atoms with Crippen molar-refractivity contribution in [2.45, 2.75) is 45.8 Å². The molecule has 1 fully saturated rings. The minimum Gasteiger partial charge on any atom is -0.494 e. The quantitative estimate of drug-likeness (QED) is 0.540. The molecule has 0 unspecified atom stereocenters. The number of pyridine rings is 1. The fourth-order valence-electron chi connectivity index (χ4n) is 2.67. The highest BCUT2D eigenvalue weighted by molar-refractivity contribution is 6.54. The molecule has 0 atom stereocenters. The lowest BCUT2D eigenvalue weighted by molar-refractivity contribution is 0.00578. The van der Waals surface area contributed by atoms with Gasteiger partial charge in [-0.15, -0.1) is 0 Å². The van der Waals surface area contributed by atoms with E-state index >= 15 is 0 Å². The normalized spacial score (nSPS) is 19.2. The number of ether oxygens (including phenoxy) is 1. The average molecular weight is 378 g/mol. The van der Waals surface area contributed by atoms with Crippen LogP contribution in [0.4, 0.5) is 4.39 Å². The summed E-state index contributed by atoms with van der Waals surface area (Å²) in [5, 5.41) is 1.05. The van der Waals surface area contributed by atoms with Crippen LogP contribution in [0.3, 0.4) is 0 Å². The lowest BCUT2D eigenvalue weighted by Crippen LogP contribution is -2.41. The first-order valence-electron chi connectivity index (χ1n) is 8.59. The molecular weight excluding hydrogens is 355 g/mol. The zero-order chi connectivity index (χ0) is 19.1. The molecule has 0 aliphatic carbocycles. The third kappa shape index (κ3) is 3.59. The van der Waals surface area contributed by atoms with Crippen molar-refractivity contribution in [3.05, 3.63) is 40.7 Å². The summed E-state index contributed by atoms with van der Waals surface area (Å²) in [6.45, 7) is 9.99. The standard InChI is InChI=1S/C19H22BClFNO3/c1-6-24-14-8-7-12-9-13(17(21)23-15(12)11-14)10-16(22)20-25-18(2,3)19(4,5)26-20/h7-11H,6H2,1-5H3. The van der Waals surface area contributed by atoms with Crippen LogP contribution in [0.5, 0.6) is 5.75 Å². The Kier molecular flexibility index (Phi) is 5.03. The molecule has 26 heavy (non-hydrogen) atoms. The number of aromatic nitrogens is 1. The molecule has 0 bridgehead atoms. The third-order valence-corrected chi connectivity index (χ3v) is 5.16. The first-order chi connectivity index (χ1) is 12.1. The van der Waals surface area contributed by atoms with Crippen LogP contribution in [0.1, 0.15) is 40.2 Å². The van der Waals surface area contributed by atoms with Crippen LogP contribution in [0.15, 0.2) is 30.0 Å². The molecular formula is C19H22BClFNO3. The molecule has 1 aliphatic rings. The molecule has 138 valence electrons. The summed E-state index contributed by atoms with van der Waals surface area (Å²) in [5.41, 5.74) is -0.601. The van der Waals surface area contributed by atoms with Gasteiger partial charge in [0.25, 0.3) is 0 Å². The van der Waals surface area contributed by atoms with E-state index in [1.807, 2.05) is 52.8 Å². The van der Waals surface area contributed by atoms with Crippen molar-refractivity contribution in [1.29, 1.82) is 0 Å². The Labute approximate surface area is 158 Å². The van der Waals surface area contributed by atoms with Crippen molar-refractivity contribution in [3.63, 3.8) is 0 Å². The minimum atomic E-state index is -1.06. The van der Waals surface area contributed by atoms with Crippen LogP contribution in [0, 0.1) is 0 Å². The molecule has 0 amide bonds. The van der Waals surface area contributed by atoms with Crippen molar-refractivity contribution in [2.75, 3.05) is 6.61 Å². The molecule has 1 saturated heterocycles. The maximum Gasteiger partial charge on any atom is 0.525 e. The zero-order valence-electron chi connectivity index (χ0n) is 15.6. The van der Waals surface area contributed by atoms with Gasteiger partial charge in [0.2, 0.25) is 0 Å². The van der Waals surface area contributed by atoms with Crippen LogP contribution >= 0.6 is 11.6 Å². The van der Waals surface area contributed by atoms with Gasteiger partial charge in [-0.3, -0.25) is 0 Å². The van der Waals surface area contributed by atoms with Crippen molar-refractivity contribution in [2.24, 2.45) is 0 Å². The molecule has 2 heterocycles. The van der Waals surface area contributed by atoms with Gasteiger partial charge in [0.05, 0.1) is 23.3 Å². The van der Waals surface area contributed by atoms with E-state index < -0.39 is 24.0 Å². The maximum atomic E-state index is 14.7. The van der Waals surface area contributed by atoms with E-state index in [1.54, 1.807) is 6.07 Å². The van der Waals surface area contributed by atoms with Gasteiger partial charge in [0.15, 0.2) is 0 Å². The molecule has 1 aliphatic heterocycles. The number of fused-ring (bicyclic) bond motifs is 1. The number of benzene rings is 1. The van der Waals surface area contributed by atoms with Gasteiger partial charge in [-0.1, -0.05) is 11.6 Å². The summed E-state index contributed by atoms with van der Waals surface area (Å²) in [6, 6.07) is 7.31. The molecule has 4 nitrogen and oxygen atoms in total. The van der Waals surface area contributed by atoms with Gasteiger partial charge >= 0.3 is 7.12 Å². The summed E-state index contributed by atoms with van der Waals surface area (Å²) in [5.74, 6) is 0.718. The lowest BCUT2D eigenvalue weighted by Gasteiger charge is -2.32. The highest BCUT2D eigenvalue weighted by Crippen LogP contribution is 2.39. The van der Waals surface area contributed by atoms with E-state index in [-0.39, 0.29) is 5.15 Å². The van der Waals surface area contributed by atoms with Crippen LogP contribution in [0.2, 0.25) is 5.15 Å². The van der Waals surface area contributed by atoms with Gasteiger partial charge in [-0.25, -0.2) is 9.37 Å². The molecule has 0 saturated carbocycles. The second-order valence-electron chi connectivity index (χ2n) is 7.27. The van der Waals surface area contributed by atoms with Crippen LogP contribution in [0.25, 0.3) is 17.0 Å². The number of hydrogen-bond donors (Lipinski definition) is 0. The predicted molar refractivity (Wildman–Crippen MR) is 103 cm³/mol. The molecule has 3 rings (SSSR count). The van der Waals surface area contributed by atoms with E-state index in [4.69, 9.17) is 25.6 Å². The van der Waals surface area contributed by atoms with Crippen molar-refractivity contribution in [3.8, 4) is 5.75 Å². The van der Waals surface area contributed by atoms with E-state index in [0.29, 0.717) is 17.7 Å². The molecule has 0 radical (unpaired) electrons. The molecule has 0 spiro atoms. The first-order valence-corrected chi connectivity index (χ1v) is 8.96. The molecule has 1 aromatic carbocycles. The van der Waals surface area contributed by atoms with Gasteiger partial charge in [-0.2, -0.15) is 0 Å². The Bertz CT molecular complexity index is 853. The summed E-state index contributed by atoms with van der Waals surface area (Å²) in [7, 11) is -1.06. The Morgan fingerprint density at radius 2 is 1.88 bits per heavy atom. The lowest BCUT2D eigenvalue weighted by atomic mass is 9.87. The third-order valence-electron chi connectivity index (χ3n) is 4.85. The summed E-state index contributed by atoms with van der Waals surface area (Å²) in [4.78, 5) is 4.35. The van der Waals surface area contributed by atoms with Crippen molar-refractivity contribution < 1.29 is 18.4 Å². The van der Waals surface area contributed by atoms with E-state index in [2.05, 4.69) is 4.98 Å². The fraction of sp³-hybridized carbons (Fsp3) is 0.421.